The molecule has 41 heavy (non-hydrogen) atoms. The van der Waals surface area contributed by atoms with Crippen LogP contribution in [0.2, 0.25) is 0 Å². The summed E-state index contributed by atoms with van der Waals surface area (Å²) in [5, 5.41) is 12.3. The van der Waals surface area contributed by atoms with Gasteiger partial charge in [0.25, 0.3) is 5.91 Å². The molecule has 2 aromatic carbocycles. The zero-order valence-corrected chi connectivity index (χ0v) is 23.8. The molecule has 0 aliphatic carbocycles. The highest BCUT2D eigenvalue weighted by Crippen LogP contribution is 2.39. The number of hydrogen-bond donors (Lipinski definition) is 2. The van der Waals surface area contributed by atoms with Gasteiger partial charge in [-0.1, -0.05) is 48.5 Å². The van der Waals surface area contributed by atoms with Crippen molar-refractivity contribution >= 4 is 11.9 Å². The third-order valence-corrected chi connectivity index (χ3v) is 7.94. The maximum Gasteiger partial charge on any atom is 0.303 e. The van der Waals surface area contributed by atoms with Crippen LogP contribution in [0.5, 0.6) is 0 Å². The first-order valence-corrected chi connectivity index (χ1v) is 14.4. The molecule has 3 aliphatic rings. The lowest BCUT2D eigenvalue weighted by atomic mass is 9.98. The summed E-state index contributed by atoms with van der Waals surface area (Å²) in [6.07, 6.45) is 0.811. The normalized spacial score (nSPS) is 25.1. The Kier molecular flexibility index (Phi) is 9.69. The Bertz CT molecular complexity index is 1160. The van der Waals surface area contributed by atoms with Crippen molar-refractivity contribution in [3.8, 4) is 0 Å². The van der Waals surface area contributed by atoms with Crippen molar-refractivity contribution in [3.63, 3.8) is 0 Å². The minimum absolute atomic E-state index is 0.000484. The van der Waals surface area contributed by atoms with Crippen molar-refractivity contribution in [1.29, 1.82) is 0 Å². The van der Waals surface area contributed by atoms with Gasteiger partial charge in [0.1, 0.15) is 0 Å². The quantitative estimate of drug-likeness (QED) is 0.440. The van der Waals surface area contributed by atoms with Gasteiger partial charge < -0.3 is 39.0 Å². The van der Waals surface area contributed by atoms with Crippen LogP contribution in [0, 0.1) is 0 Å². The van der Waals surface area contributed by atoms with Crippen molar-refractivity contribution in [2.75, 3.05) is 32.8 Å². The Morgan fingerprint density at radius 3 is 2.27 bits per heavy atom. The van der Waals surface area contributed by atoms with Crippen LogP contribution < -0.4 is 5.32 Å². The SMILES string of the molecule is CC(=O)O[C@@H](C)C(=O)NCc1ccc([C@H]2O[C@@H](CN3CCC4(CC3)OCCO4)C[C@@H](c3ccc(CO)cc3)O2)cc1. The average molecular weight is 569 g/mol. The average Bonchev–Trinajstić information content (AvgIpc) is 3.45. The summed E-state index contributed by atoms with van der Waals surface area (Å²) in [5.41, 5.74) is 3.70. The predicted octanol–water partition coefficient (Wildman–Crippen LogP) is 3.13. The lowest BCUT2D eigenvalue weighted by molar-refractivity contribution is -0.255. The van der Waals surface area contributed by atoms with Gasteiger partial charge in [0, 0.05) is 57.9 Å². The van der Waals surface area contributed by atoms with E-state index >= 15 is 0 Å². The number of nitrogens with one attached hydrogen (secondary N) is 1. The fourth-order valence-electron chi connectivity index (χ4n) is 5.61. The van der Waals surface area contributed by atoms with Crippen molar-refractivity contribution < 1.29 is 38.4 Å². The molecular weight excluding hydrogens is 528 g/mol. The van der Waals surface area contributed by atoms with Gasteiger partial charge in [0.2, 0.25) is 0 Å². The molecule has 0 radical (unpaired) electrons. The van der Waals surface area contributed by atoms with Crippen molar-refractivity contribution in [3.05, 3.63) is 70.8 Å². The lowest BCUT2D eigenvalue weighted by Gasteiger charge is -2.41. The van der Waals surface area contributed by atoms with Crippen molar-refractivity contribution in [2.45, 2.75) is 76.7 Å². The number of carbonyl (C=O) groups excluding carboxylic acids is 2. The number of rotatable bonds is 9. The molecule has 1 amide bonds. The van der Waals surface area contributed by atoms with Crippen LogP contribution in [-0.4, -0.2) is 72.7 Å². The maximum atomic E-state index is 12.2. The van der Waals surface area contributed by atoms with Gasteiger partial charge in [-0.2, -0.15) is 0 Å². The predicted molar refractivity (Wildman–Crippen MR) is 148 cm³/mol. The molecule has 2 aromatic rings. The fourth-order valence-corrected chi connectivity index (χ4v) is 5.61. The van der Waals surface area contributed by atoms with Crippen LogP contribution in [0.15, 0.2) is 48.5 Å². The summed E-state index contributed by atoms with van der Waals surface area (Å²) in [6, 6.07) is 15.6. The number of hydrogen-bond acceptors (Lipinski definition) is 9. The molecule has 4 atom stereocenters. The van der Waals surface area contributed by atoms with Crippen LogP contribution in [0.4, 0.5) is 0 Å². The molecule has 3 fully saturated rings. The van der Waals surface area contributed by atoms with Crippen LogP contribution in [-0.2, 0) is 46.4 Å². The Morgan fingerprint density at radius 2 is 1.63 bits per heavy atom. The molecule has 3 heterocycles. The Balaban J connectivity index is 1.24. The minimum Gasteiger partial charge on any atom is -0.453 e. The van der Waals surface area contributed by atoms with Crippen LogP contribution in [0.25, 0.3) is 0 Å². The summed E-state index contributed by atoms with van der Waals surface area (Å²) in [7, 11) is 0. The third-order valence-electron chi connectivity index (χ3n) is 7.94. The molecule has 222 valence electrons. The standard InChI is InChI=1S/C31H40N2O8/c1-21(39-22(2)35)29(36)32-18-23-3-9-26(10-4-23)30-40-27(17-28(41-30)25-7-5-24(20-34)6-8-25)19-33-13-11-31(12-14-33)37-15-16-38-31/h3-10,21,27-28,30,34H,11-20H2,1-2H3,(H,32,36)/t21-,27+,28-,30-/m0/s1. The summed E-state index contributed by atoms with van der Waals surface area (Å²) >= 11 is 0. The van der Waals surface area contributed by atoms with E-state index in [4.69, 9.17) is 23.7 Å². The van der Waals surface area contributed by atoms with E-state index in [1.807, 2.05) is 48.5 Å². The van der Waals surface area contributed by atoms with Crippen molar-refractivity contribution in [2.24, 2.45) is 0 Å². The number of esters is 1. The first-order valence-electron chi connectivity index (χ1n) is 14.4. The van der Waals surface area contributed by atoms with E-state index in [0.29, 0.717) is 26.2 Å². The van der Waals surface area contributed by atoms with E-state index in [0.717, 1.165) is 54.7 Å². The molecule has 2 N–H and O–H groups in total. The second-order valence-corrected chi connectivity index (χ2v) is 11.0. The van der Waals surface area contributed by atoms with E-state index in [1.165, 1.54) is 6.92 Å². The monoisotopic (exact) mass is 568 g/mol. The zero-order valence-electron chi connectivity index (χ0n) is 23.8. The van der Waals surface area contributed by atoms with E-state index in [2.05, 4.69) is 10.2 Å². The highest BCUT2D eigenvalue weighted by molar-refractivity contribution is 5.82. The molecule has 10 nitrogen and oxygen atoms in total. The Labute approximate surface area is 240 Å². The fraction of sp³-hybridized carbons (Fsp3) is 0.548. The highest BCUT2D eigenvalue weighted by atomic mass is 16.7. The molecule has 3 saturated heterocycles. The second kappa shape index (κ2) is 13.4. The van der Waals surface area contributed by atoms with Crippen LogP contribution in [0.1, 0.15) is 67.8 Å². The maximum absolute atomic E-state index is 12.2. The van der Waals surface area contributed by atoms with Crippen molar-refractivity contribution in [1.82, 2.24) is 10.2 Å². The van der Waals surface area contributed by atoms with Gasteiger partial charge in [0.15, 0.2) is 18.2 Å². The van der Waals surface area contributed by atoms with Gasteiger partial charge in [0.05, 0.1) is 32.0 Å². The molecule has 0 saturated carbocycles. The van der Waals surface area contributed by atoms with Gasteiger partial charge >= 0.3 is 5.97 Å². The number of aliphatic hydroxyl groups is 1. The third kappa shape index (κ3) is 7.71. The largest absolute Gasteiger partial charge is 0.453 e. The Hall–Kier alpha value is -2.86. The first-order chi connectivity index (χ1) is 19.8. The summed E-state index contributed by atoms with van der Waals surface area (Å²) in [4.78, 5) is 25.7. The zero-order chi connectivity index (χ0) is 28.8. The van der Waals surface area contributed by atoms with E-state index in [-0.39, 0.29) is 24.7 Å². The summed E-state index contributed by atoms with van der Waals surface area (Å²) in [5.74, 6) is -1.26. The van der Waals surface area contributed by atoms with E-state index < -0.39 is 24.2 Å². The molecule has 5 rings (SSSR count). The smallest absolute Gasteiger partial charge is 0.303 e. The minimum atomic E-state index is -0.847. The number of likely N-dealkylation sites (tertiary alicyclic amines) is 1. The van der Waals surface area contributed by atoms with Gasteiger partial charge in [-0.3, -0.25) is 9.59 Å². The van der Waals surface area contributed by atoms with Crippen LogP contribution in [0.3, 0.4) is 0 Å². The molecule has 1 spiro atoms. The second-order valence-electron chi connectivity index (χ2n) is 11.0. The molecule has 3 aliphatic heterocycles. The molecule has 0 unspecified atom stereocenters. The summed E-state index contributed by atoms with van der Waals surface area (Å²) in [6.45, 7) is 7.02. The lowest BCUT2D eigenvalue weighted by Crippen LogP contribution is -2.48. The first kappa shape index (κ1) is 29.6. The molecular formula is C31H40N2O8. The van der Waals surface area contributed by atoms with Crippen LogP contribution >= 0.6 is 0 Å². The number of nitrogens with zero attached hydrogens (tertiary/aromatic N) is 1. The molecule has 0 aromatic heterocycles. The number of piperidine rings is 1. The topological polar surface area (TPSA) is 116 Å². The van der Waals surface area contributed by atoms with Gasteiger partial charge in [-0.25, -0.2) is 0 Å². The van der Waals surface area contributed by atoms with Gasteiger partial charge in [-0.15, -0.1) is 0 Å². The number of amides is 1. The van der Waals surface area contributed by atoms with E-state index in [9.17, 15) is 14.7 Å². The number of carbonyl (C=O) groups is 2. The number of benzene rings is 2. The Morgan fingerprint density at radius 1 is 1.00 bits per heavy atom. The molecule has 0 bridgehead atoms. The van der Waals surface area contributed by atoms with E-state index in [1.54, 1.807) is 6.92 Å². The van der Waals surface area contributed by atoms with Gasteiger partial charge in [-0.05, 0) is 23.6 Å². The number of ether oxygens (including phenoxy) is 5. The number of aliphatic hydroxyl groups excluding tert-OH is 1. The molecule has 10 heteroatoms. The summed E-state index contributed by atoms with van der Waals surface area (Å²) < 4.78 is 29.7. The highest BCUT2D eigenvalue weighted by Gasteiger charge is 2.41.